The van der Waals surface area contributed by atoms with Crippen LogP contribution >= 0.6 is 0 Å². The van der Waals surface area contributed by atoms with Gasteiger partial charge in [0.25, 0.3) is 0 Å². The highest BCUT2D eigenvalue weighted by Crippen LogP contribution is 2.12. The van der Waals surface area contributed by atoms with E-state index in [0.717, 1.165) is 19.5 Å². The molecule has 1 saturated heterocycles. The monoisotopic (exact) mass is 184 g/mol. The van der Waals surface area contributed by atoms with Gasteiger partial charge in [-0.2, -0.15) is 0 Å². The lowest BCUT2D eigenvalue weighted by atomic mass is 10.2. The van der Waals surface area contributed by atoms with Crippen LogP contribution in [0, 0.1) is 0 Å². The standard InChI is InChI=1S/C10H20N2O/c1-4-10(13)11-9-5-6-12(7-9)8(2)3/h8-9H,4-7H2,1-3H3,(H,11,13)/t9-/m0/s1. The van der Waals surface area contributed by atoms with Crippen molar-refractivity contribution in [3.8, 4) is 0 Å². The summed E-state index contributed by atoms with van der Waals surface area (Å²) in [6.45, 7) is 8.42. The fourth-order valence-electron chi connectivity index (χ4n) is 1.70. The van der Waals surface area contributed by atoms with E-state index in [2.05, 4.69) is 24.1 Å². The molecule has 13 heavy (non-hydrogen) atoms. The summed E-state index contributed by atoms with van der Waals surface area (Å²) in [5.74, 6) is 0.176. The van der Waals surface area contributed by atoms with Gasteiger partial charge in [-0.1, -0.05) is 6.92 Å². The highest BCUT2D eigenvalue weighted by Gasteiger charge is 2.24. The van der Waals surface area contributed by atoms with E-state index < -0.39 is 0 Å². The number of amides is 1. The molecule has 3 heteroatoms. The van der Waals surface area contributed by atoms with Crippen LogP contribution in [0.15, 0.2) is 0 Å². The zero-order valence-electron chi connectivity index (χ0n) is 8.84. The average Bonchev–Trinajstić information content (AvgIpc) is 2.52. The van der Waals surface area contributed by atoms with Crippen molar-refractivity contribution in [2.24, 2.45) is 0 Å². The minimum Gasteiger partial charge on any atom is -0.352 e. The van der Waals surface area contributed by atoms with Gasteiger partial charge < -0.3 is 5.32 Å². The van der Waals surface area contributed by atoms with Crippen LogP contribution in [-0.4, -0.2) is 36.0 Å². The average molecular weight is 184 g/mol. The molecule has 1 atom stereocenters. The van der Waals surface area contributed by atoms with Gasteiger partial charge in [-0.15, -0.1) is 0 Å². The highest BCUT2D eigenvalue weighted by atomic mass is 16.1. The van der Waals surface area contributed by atoms with Crippen molar-refractivity contribution in [3.63, 3.8) is 0 Å². The Labute approximate surface area is 80.5 Å². The van der Waals surface area contributed by atoms with Crippen LogP contribution in [0.3, 0.4) is 0 Å². The van der Waals surface area contributed by atoms with Gasteiger partial charge >= 0.3 is 0 Å². The summed E-state index contributed by atoms with van der Waals surface area (Å²) >= 11 is 0. The topological polar surface area (TPSA) is 32.3 Å². The molecule has 0 radical (unpaired) electrons. The normalized spacial score (nSPS) is 23.8. The second kappa shape index (κ2) is 4.61. The minimum atomic E-state index is 0.176. The second-order valence-electron chi connectivity index (χ2n) is 4.00. The van der Waals surface area contributed by atoms with Gasteiger partial charge in [0.15, 0.2) is 0 Å². The summed E-state index contributed by atoms with van der Waals surface area (Å²) in [5.41, 5.74) is 0. The predicted molar refractivity (Wildman–Crippen MR) is 53.5 cm³/mol. The number of likely N-dealkylation sites (tertiary alicyclic amines) is 1. The third-order valence-electron chi connectivity index (χ3n) is 2.64. The van der Waals surface area contributed by atoms with Crippen LogP contribution < -0.4 is 5.32 Å². The highest BCUT2D eigenvalue weighted by molar-refractivity contribution is 5.75. The molecule has 0 unspecified atom stereocenters. The lowest BCUT2D eigenvalue weighted by Gasteiger charge is -2.20. The molecule has 0 aromatic carbocycles. The molecule has 0 aliphatic carbocycles. The molecule has 3 nitrogen and oxygen atoms in total. The van der Waals surface area contributed by atoms with E-state index in [-0.39, 0.29) is 5.91 Å². The van der Waals surface area contributed by atoms with Gasteiger partial charge in [0.2, 0.25) is 5.91 Å². The van der Waals surface area contributed by atoms with Gasteiger partial charge in [0.1, 0.15) is 0 Å². The molecule has 0 spiro atoms. The Bertz CT molecular complexity index is 180. The molecule has 1 heterocycles. The van der Waals surface area contributed by atoms with E-state index in [4.69, 9.17) is 0 Å². The van der Waals surface area contributed by atoms with E-state index in [1.165, 1.54) is 0 Å². The summed E-state index contributed by atoms with van der Waals surface area (Å²) in [6.07, 6.45) is 1.70. The maximum absolute atomic E-state index is 11.1. The Morgan fingerprint density at radius 3 is 2.77 bits per heavy atom. The first-order chi connectivity index (χ1) is 6.13. The second-order valence-corrected chi connectivity index (χ2v) is 4.00. The first-order valence-corrected chi connectivity index (χ1v) is 5.17. The van der Waals surface area contributed by atoms with E-state index in [0.29, 0.717) is 18.5 Å². The summed E-state index contributed by atoms with van der Waals surface area (Å²) in [6, 6.07) is 0.985. The van der Waals surface area contributed by atoms with Crippen molar-refractivity contribution in [2.45, 2.75) is 45.7 Å². The van der Waals surface area contributed by atoms with Crippen molar-refractivity contribution < 1.29 is 4.79 Å². The zero-order chi connectivity index (χ0) is 9.84. The van der Waals surface area contributed by atoms with Crippen LogP contribution in [0.2, 0.25) is 0 Å². The number of hydrogen-bond donors (Lipinski definition) is 1. The van der Waals surface area contributed by atoms with Crippen LogP contribution in [-0.2, 0) is 4.79 Å². The molecular formula is C10H20N2O. The third-order valence-corrected chi connectivity index (χ3v) is 2.64. The Morgan fingerprint density at radius 2 is 2.31 bits per heavy atom. The van der Waals surface area contributed by atoms with E-state index in [1.54, 1.807) is 0 Å². The maximum Gasteiger partial charge on any atom is 0.219 e. The van der Waals surface area contributed by atoms with Crippen LogP contribution in [0.5, 0.6) is 0 Å². The molecule has 1 rings (SSSR count). The summed E-state index contributed by atoms with van der Waals surface area (Å²) < 4.78 is 0. The van der Waals surface area contributed by atoms with Crippen molar-refractivity contribution in [2.75, 3.05) is 13.1 Å². The minimum absolute atomic E-state index is 0.176. The van der Waals surface area contributed by atoms with Crippen LogP contribution in [0.1, 0.15) is 33.6 Å². The lowest BCUT2D eigenvalue weighted by molar-refractivity contribution is -0.121. The molecular weight excluding hydrogens is 164 g/mol. The van der Waals surface area contributed by atoms with E-state index in [1.807, 2.05) is 6.92 Å². The molecule has 1 amide bonds. The molecule has 0 saturated carbocycles. The first kappa shape index (κ1) is 10.5. The molecule has 1 N–H and O–H groups in total. The Hall–Kier alpha value is -0.570. The molecule has 1 aliphatic rings. The Morgan fingerprint density at radius 1 is 1.62 bits per heavy atom. The van der Waals surface area contributed by atoms with Gasteiger partial charge in [-0.05, 0) is 20.3 Å². The number of nitrogens with one attached hydrogen (secondary N) is 1. The fourth-order valence-corrected chi connectivity index (χ4v) is 1.70. The Kier molecular flexibility index (Phi) is 3.72. The van der Waals surface area contributed by atoms with Gasteiger partial charge in [-0.3, -0.25) is 9.69 Å². The fraction of sp³-hybridized carbons (Fsp3) is 0.900. The number of hydrogen-bond acceptors (Lipinski definition) is 2. The predicted octanol–water partition coefficient (Wildman–Crippen LogP) is 0.995. The maximum atomic E-state index is 11.1. The summed E-state index contributed by atoms with van der Waals surface area (Å²) in [5, 5.41) is 3.03. The molecule has 1 fully saturated rings. The smallest absolute Gasteiger partial charge is 0.219 e. The summed E-state index contributed by atoms with van der Waals surface area (Å²) in [4.78, 5) is 13.5. The number of nitrogens with zero attached hydrogens (tertiary/aromatic N) is 1. The first-order valence-electron chi connectivity index (χ1n) is 5.17. The third kappa shape index (κ3) is 2.99. The number of carbonyl (C=O) groups is 1. The SMILES string of the molecule is CCC(=O)N[C@H]1CCN(C(C)C)C1. The van der Waals surface area contributed by atoms with Gasteiger partial charge in [0, 0.05) is 31.6 Å². The van der Waals surface area contributed by atoms with Crippen molar-refractivity contribution in [1.82, 2.24) is 10.2 Å². The van der Waals surface area contributed by atoms with E-state index >= 15 is 0 Å². The molecule has 0 bridgehead atoms. The van der Waals surface area contributed by atoms with Gasteiger partial charge in [-0.25, -0.2) is 0 Å². The zero-order valence-corrected chi connectivity index (χ0v) is 8.84. The van der Waals surface area contributed by atoms with Crippen LogP contribution in [0.4, 0.5) is 0 Å². The lowest BCUT2D eigenvalue weighted by Crippen LogP contribution is -2.38. The Balaban J connectivity index is 2.29. The molecule has 76 valence electrons. The van der Waals surface area contributed by atoms with Crippen molar-refractivity contribution >= 4 is 5.91 Å². The van der Waals surface area contributed by atoms with Crippen LogP contribution in [0.25, 0.3) is 0 Å². The largest absolute Gasteiger partial charge is 0.352 e. The summed E-state index contributed by atoms with van der Waals surface area (Å²) in [7, 11) is 0. The number of rotatable bonds is 3. The molecule has 0 aromatic rings. The van der Waals surface area contributed by atoms with E-state index in [9.17, 15) is 4.79 Å². The van der Waals surface area contributed by atoms with Crippen molar-refractivity contribution in [3.05, 3.63) is 0 Å². The molecule has 1 aliphatic heterocycles. The number of carbonyl (C=O) groups excluding carboxylic acids is 1. The quantitative estimate of drug-likeness (QED) is 0.709. The van der Waals surface area contributed by atoms with Gasteiger partial charge in [0.05, 0.1) is 0 Å². The molecule has 0 aromatic heterocycles. The van der Waals surface area contributed by atoms with Crippen molar-refractivity contribution in [1.29, 1.82) is 0 Å².